The maximum absolute atomic E-state index is 5.60. The van der Waals surface area contributed by atoms with E-state index in [-0.39, 0.29) is 24.8 Å². The first kappa shape index (κ1) is 20.9. The quantitative estimate of drug-likeness (QED) is 0.552. The molecule has 0 saturated carbocycles. The van der Waals surface area contributed by atoms with Crippen LogP contribution in [0.25, 0.3) is 16.7 Å². The second kappa shape index (κ2) is 9.14. The maximum atomic E-state index is 5.60. The molecule has 27 heavy (non-hydrogen) atoms. The Kier molecular flexibility index (Phi) is 7.09. The van der Waals surface area contributed by atoms with E-state index in [2.05, 4.69) is 60.7 Å². The van der Waals surface area contributed by atoms with E-state index in [0.717, 1.165) is 19.6 Å². The first-order valence-corrected chi connectivity index (χ1v) is 11.8. The Hall–Kier alpha value is -0.787. The molecular formula is C23H21Cl2OZr. The number of allylic oxidation sites excluding steroid dienone is 4. The topological polar surface area (TPSA) is 9.23 Å². The average Bonchev–Trinajstić information content (AvgIpc) is 3.30. The van der Waals surface area contributed by atoms with E-state index in [0.29, 0.717) is 3.63 Å². The Balaban J connectivity index is 0.00000105. The second-order valence-corrected chi connectivity index (χ2v) is 10.8. The fraction of sp³-hybridized carbons (Fsp3) is 0.261. The van der Waals surface area contributed by atoms with Crippen LogP contribution in [0.2, 0.25) is 0 Å². The minimum Gasteiger partial charge on any atom is -1.00 e. The average molecular weight is 476 g/mol. The summed E-state index contributed by atoms with van der Waals surface area (Å²) < 4.78 is 8.11. The van der Waals surface area contributed by atoms with E-state index in [1.54, 1.807) is 11.1 Å². The van der Waals surface area contributed by atoms with Crippen molar-refractivity contribution in [1.82, 2.24) is 0 Å². The van der Waals surface area contributed by atoms with Gasteiger partial charge in [0.25, 0.3) is 0 Å². The molecule has 1 heterocycles. The van der Waals surface area contributed by atoms with Crippen LogP contribution in [-0.4, -0.2) is 16.4 Å². The van der Waals surface area contributed by atoms with Crippen molar-refractivity contribution in [2.24, 2.45) is 0 Å². The van der Waals surface area contributed by atoms with E-state index in [9.17, 15) is 0 Å². The van der Waals surface area contributed by atoms with Gasteiger partial charge in [0.15, 0.2) is 0 Å². The molecule has 1 atom stereocenters. The summed E-state index contributed by atoms with van der Waals surface area (Å²) in [4.78, 5) is 0. The van der Waals surface area contributed by atoms with Crippen LogP contribution in [0.3, 0.4) is 0 Å². The number of ether oxygens (including phenoxy) is 1. The first-order chi connectivity index (χ1) is 12.4. The van der Waals surface area contributed by atoms with Gasteiger partial charge in [0.1, 0.15) is 0 Å². The predicted molar refractivity (Wildman–Crippen MR) is 101 cm³/mol. The molecule has 0 N–H and O–H groups in total. The van der Waals surface area contributed by atoms with Gasteiger partial charge in [0, 0.05) is 0 Å². The number of rotatable bonds is 2. The number of hydrogen-bond donors (Lipinski definition) is 0. The molecule has 4 heteroatoms. The molecule has 0 bridgehead atoms. The standard InChI is InChI=1S/C18H13.C5H8O.2ClH.Zr/c1-2-7-13(6-1)15-10-5-11-17-16-9-4-3-8-14(16)12-18(15)17;1-2-4-6-5-3-1;;;/h1-6,8-12H,7H2;2-5H2;2*1H;/q;;;;+2/p-2. The van der Waals surface area contributed by atoms with Crippen molar-refractivity contribution in [2.45, 2.75) is 22.9 Å². The molecule has 3 aliphatic rings. The second-order valence-electron chi connectivity index (χ2n) is 6.97. The number of benzene rings is 2. The van der Waals surface area contributed by atoms with Gasteiger partial charge in [-0.05, 0) is 0 Å². The predicted octanol–water partition coefficient (Wildman–Crippen LogP) is -0.827. The summed E-state index contributed by atoms with van der Waals surface area (Å²) in [5.74, 6) is 0. The molecule has 0 amide bonds. The van der Waals surface area contributed by atoms with E-state index >= 15 is 0 Å². The third kappa shape index (κ3) is 3.87. The molecule has 5 rings (SSSR count). The molecule has 1 nitrogen and oxygen atoms in total. The molecule has 1 fully saturated rings. The van der Waals surface area contributed by atoms with Gasteiger partial charge >= 0.3 is 161 Å². The van der Waals surface area contributed by atoms with Crippen molar-refractivity contribution >= 4 is 8.78 Å². The Morgan fingerprint density at radius 1 is 0.852 bits per heavy atom. The third-order valence-corrected chi connectivity index (χ3v) is 9.93. The van der Waals surface area contributed by atoms with E-state index in [1.165, 1.54) is 35.1 Å². The van der Waals surface area contributed by atoms with E-state index < -0.39 is 22.8 Å². The molecule has 137 valence electrons. The Morgan fingerprint density at radius 2 is 1.59 bits per heavy atom. The molecule has 2 aliphatic carbocycles. The largest absolute Gasteiger partial charge is 1.00 e. The summed E-state index contributed by atoms with van der Waals surface area (Å²) in [6.45, 7) is 1.88. The molecular weight excluding hydrogens is 454 g/mol. The van der Waals surface area contributed by atoms with Gasteiger partial charge in [0.2, 0.25) is 0 Å². The number of halogens is 2. The molecule has 1 aliphatic heterocycles. The molecule has 1 unspecified atom stereocenters. The molecule has 2 aromatic rings. The minimum absolute atomic E-state index is 0. The SMILES string of the molecule is C1=CCC(c2cccc3c2[CH]([Zr+2]=[C]2CCOCC2)c2ccccc2-3)=C1.[Cl-].[Cl-]. The molecule has 1 saturated heterocycles. The van der Waals surface area contributed by atoms with E-state index in [1.807, 2.05) is 3.21 Å². The Labute approximate surface area is 184 Å². The van der Waals surface area contributed by atoms with Crippen LogP contribution in [0.5, 0.6) is 0 Å². The van der Waals surface area contributed by atoms with Crippen molar-refractivity contribution in [3.8, 4) is 11.1 Å². The molecule has 2 aromatic carbocycles. The van der Waals surface area contributed by atoms with Crippen LogP contribution in [-0.2, 0) is 27.5 Å². The zero-order chi connectivity index (χ0) is 16.6. The zero-order valence-corrected chi connectivity index (χ0v) is 19.0. The fourth-order valence-corrected chi connectivity index (χ4v) is 8.64. The van der Waals surface area contributed by atoms with Crippen LogP contribution in [0.15, 0.2) is 60.7 Å². The normalized spacial score (nSPS) is 19.3. The van der Waals surface area contributed by atoms with Crippen molar-refractivity contribution < 1.29 is 52.3 Å². The van der Waals surface area contributed by atoms with Crippen LogP contribution in [0.4, 0.5) is 0 Å². The third-order valence-electron chi connectivity index (χ3n) is 5.52. The monoisotopic (exact) mass is 473 g/mol. The number of hydrogen-bond acceptors (Lipinski definition) is 1. The fourth-order valence-electron chi connectivity index (χ4n) is 4.30. The van der Waals surface area contributed by atoms with E-state index in [4.69, 9.17) is 4.74 Å². The summed E-state index contributed by atoms with van der Waals surface area (Å²) in [7, 11) is 0. The Bertz CT molecular complexity index is 922. The van der Waals surface area contributed by atoms with Crippen LogP contribution >= 0.6 is 0 Å². The van der Waals surface area contributed by atoms with Gasteiger partial charge in [-0.2, -0.15) is 0 Å². The summed E-state index contributed by atoms with van der Waals surface area (Å²) in [5, 5.41) is 0. The van der Waals surface area contributed by atoms with Gasteiger partial charge in [-0.3, -0.25) is 0 Å². The molecule has 0 radical (unpaired) electrons. The number of fused-ring (bicyclic) bond motifs is 3. The van der Waals surface area contributed by atoms with Gasteiger partial charge in [0.05, 0.1) is 0 Å². The van der Waals surface area contributed by atoms with Crippen LogP contribution < -0.4 is 24.8 Å². The van der Waals surface area contributed by atoms with Crippen molar-refractivity contribution in [3.05, 3.63) is 77.4 Å². The van der Waals surface area contributed by atoms with Crippen molar-refractivity contribution in [3.63, 3.8) is 0 Å². The van der Waals surface area contributed by atoms with Gasteiger partial charge in [-0.15, -0.1) is 0 Å². The van der Waals surface area contributed by atoms with Crippen LogP contribution in [0, 0.1) is 0 Å². The Morgan fingerprint density at radius 3 is 2.37 bits per heavy atom. The van der Waals surface area contributed by atoms with Gasteiger partial charge in [-0.1, -0.05) is 0 Å². The first-order valence-electron chi connectivity index (χ1n) is 9.19. The summed E-state index contributed by atoms with van der Waals surface area (Å²) in [5.41, 5.74) is 9.17. The molecule has 0 spiro atoms. The minimum atomic E-state index is -0.672. The summed E-state index contributed by atoms with van der Waals surface area (Å²) in [6, 6.07) is 16.1. The van der Waals surface area contributed by atoms with Crippen LogP contribution in [0.1, 0.15) is 39.6 Å². The summed E-state index contributed by atoms with van der Waals surface area (Å²) in [6.07, 6.45) is 10.3. The van der Waals surface area contributed by atoms with Gasteiger partial charge < -0.3 is 24.8 Å². The molecule has 0 aromatic heterocycles. The maximum Gasteiger partial charge on any atom is -1.00 e. The van der Waals surface area contributed by atoms with Gasteiger partial charge in [-0.25, -0.2) is 0 Å². The zero-order valence-electron chi connectivity index (χ0n) is 15.1. The summed E-state index contributed by atoms with van der Waals surface area (Å²) >= 11 is -0.672. The smallest absolute Gasteiger partial charge is 1.00 e. The van der Waals surface area contributed by atoms with Crippen molar-refractivity contribution in [1.29, 1.82) is 0 Å². The van der Waals surface area contributed by atoms with Crippen molar-refractivity contribution in [2.75, 3.05) is 13.2 Å².